The van der Waals surface area contributed by atoms with Crippen molar-refractivity contribution in [3.05, 3.63) is 23.8 Å². The van der Waals surface area contributed by atoms with E-state index in [9.17, 15) is 0 Å². The van der Waals surface area contributed by atoms with Crippen LogP contribution in [0.3, 0.4) is 0 Å². The van der Waals surface area contributed by atoms with Crippen LogP contribution in [0.5, 0.6) is 11.5 Å². The van der Waals surface area contributed by atoms with Crippen molar-refractivity contribution in [3.8, 4) is 11.5 Å². The highest BCUT2D eigenvalue weighted by molar-refractivity contribution is 5.44. The van der Waals surface area contributed by atoms with E-state index in [0.29, 0.717) is 18.9 Å². The van der Waals surface area contributed by atoms with Crippen LogP contribution in [0.1, 0.15) is 31.2 Å². The van der Waals surface area contributed by atoms with Crippen molar-refractivity contribution < 1.29 is 9.47 Å². The van der Waals surface area contributed by atoms with Gasteiger partial charge in [0.2, 0.25) is 6.79 Å². The van der Waals surface area contributed by atoms with Gasteiger partial charge in [0.25, 0.3) is 0 Å². The van der Waals surface area contributed by atoms with E-state index in [4.69, 9.17) is 15.2 Å². The van der Waals surface area contributed by atoms with Crippen molar-refractivity contribution in [2.24, 2.45) is 5.73 Å². The van der Waals surface area contributed by atoms with Crippen LogP contribution < -0.4 is 20.5 Å². The summed E-state index contributed by atoms with van der Waals surface area (Å²) in [7, 11) is 0. The quantitative estimate of drug-likeness (QED) is 0.856. The lowest BCUT2D eigenvalue weighted by atomic mass is 9.91. The Morgan fingerprint density at radius 1 is 1.17 bits per heavy atom. The molecule has 1 aliphatic heterocycles. The molecule has 4 nitrogen and oxygen atoms in total. The minimum Gasteiger partial charge on any atom is -0.454 e. The molecule has 0 amide bonds. The molecule has 1 heterocycles. The second-order valence-corrected chi connectivity index (χ2v) is 5.12. The van der Waals surface area contributed by atoms with Gasteiger partial charge in [-0.15, -0.1) is 0 Å². The summed E-state index contributed by atoms with van der Waals surface area (Å²) in [5.41, 5.74) is 7.35. The van der Waals surface area contributed by atoms with E-state index >= 15 is 0 Å². The normalized spacial score (nSPS) is 26.3. The fraction of sp³-hybridized carbons (Fsp3) is 0.571. The molecule has 0 bridgehead atoms. The van der Waals surface area contributed by atoms with Crippen molar-refractivity contribution in [1.82, 2.24) is 5.32 Å². The van der Waals surface area contributed by atoms with Gasteiger partial charge in [-0.3, -0.25) is 0 Å². The molecule has 3 N–H and O–H groups in total. The van der Waals surface area contributed by atoms with Crippen LogP contribution in [0.15, 0.2) is 18.2 Å². The van der Waals surface area contributed by atoms with Gasteiger partial charge in [0.05, 0.1) is 0 Å². The Morgan fingerprint density at radius 3 is 2.89 bits per heavy atom. The van der Waals surface area contributed by atoms with Crippen molar-refractivity contribution in [3.63, 3.8) is 0 Å². The van der Waals surface area contributed by atoms with Gasteiger partial charge in [-0.2, -0.15) is 0 Å². The average molecular weight is 248 g/mol. The summed E-state index contributed by atoms with van der Waals surface area (Å²) >= 11 is 0. The molecule has 2 atom stereocenters. The van der Waals surface area contributed by atoms with Gasteiger partial charge in [0.15, 0.2) is 11.5 Å². The molecule has 0 unspecified atom stereocenters. The van der Waals surface area contributed by atoms with E-state index in [0.717, 1.165) is 24.5 Å². The zero-order valence-corrected chi connectivity index (χ0v) is 10.5. The lowest BCUT2D eigenvalue weighted by Crippen LogP contribution is -2.46. The summed E-state index contributed by atoms with van der Waals surface area (Å²) in [5, 5.41) is 3.56. The van der Waals surface area contributed by atoms with Crippen LogP contribution in [-0.2, 0) is 6.54 Å². The van der Waals surface area contributed by atoms with Crippen molar-refractivity contribution in [2.45, 2.75) is 44.3 Å². The molecule has 1 fully saturated rings. The Hall–Kier alpha value is -1.26. The monoisotopic (exact) mass is 248 g/mol. The first-order valence-corrected chi connectivity index (χ1v) is 6.70. The molecule has 0 saturated heterocycles. The lowest BCUT2D eigenvalue weighted by molar-refractivity contribution is 0.174. The number of fused-ring (bicyclic) bond motifs is 1. The van der Waals surface area contributed by atoms with Crippen molar-refractivity contribution in [1.29, 1.82) is 0 Å². The van der Waals surface area contributed by atoms with Gasteiger partial charge in [-0.25, -0.2) is 0 Å². The topological polar surface area (TPSA) is 56.5 Å². The van der Waals surface area contributed by atoms with Crippen LogP contribution in [-0.4, -0.2) is 18.9 Å². The summed E-state index contributed by atoms with van der Waals surface area (Å²) in [6.07, 6.45) is 4.88. The largest absolute Gasteiger partial charge is 0.454 e. The molecule has 1 saturated carbocycles. The number of hydrogen-bond acceptors (Lipinski definition) is 4. The lowest BCUT2D eigenvalue weighted by Gasteiger charge is -2.29. The number of benzene rings is 1. The van der Waals surface area contributed by atoms with Crippen molar-refractivity contribution >= 4 is 0 Å². The van der Waals surface area contributed by atoms with E-state index < -0.39 is 0 Å². The van der Waals surface area contributed by atoms with Crippen LogP contribution in [0, 0.1) is 0 Å². The molecule has 18 heavy (non-hydrogen) atoms. The van der Waals surface area contributed by atoms with Gasteiger partial charge in [0, 0.05) is 18.6 Å². The molecule has 1 aromatic rings. The van der Waals surface area contributed by atoms with Crippen molar-refractivity contribution in [2.75, 3.05) is 6.79 Å². The zero-order chi connectivity index (χ0) is 12.4. The second-order valence-electron chi connectivity index (χ2n) is 5.12. The maximum atomic E-state index is 6.13. The number of nitrogens with one attached hydrogen (secondary N) is 1. The molecule has 0 radical (unpaired) electrons. The minimum atomic E-state index is 0.299. The fourth-order valence-corrected chi connectivity index (χ4v) is 2.71. The Morgan fingerprint density at radius 2 is 2.00 bits per heavy atom. The smallest absolute Gasteiger partial charge is 0.231 e. The van der Waals surface area contributed by atoms with Crippen LogP contribution in [0.2, 0.25) is 0 Å². The Balaban J connectivity index is 1.59. The molecule has 1 aliphatic carbocycles. The van der Waals surface area contributed by atoms with Gasteiger partial charge >= 0.3 is 0 Å². The number of ether oxygens (including phenoxy) is 2. The first kappa shape index (κ1) is 11.8. The number of rotatable bonds is 3. The average Bonchev–Trinajstić information content (AvgIpc) is 2.85. The minimum absolute atomic E-state index is 0.299. The third-order valence-electron chi connectivity index (χ3n) is 3.82. The standard InChI is InChI=1S/C14H20N2O2/c15-11-3-1-2-4-12(11)16-8-10-5-6-13-14(7-10)18-9-17-13/h5-7,11-12,16H,1-4,8-9,15H2/t11-,12-/m0/s1. The van der Waals surface area contributed by atoms with Gasteiger partial charge < -0.3 is 20.5 Å². The molecule has 3 rings (SSSR count). The highest BCUT2D eigenvalue weighted by atomic mass is 16.7. The van der Waals surface area contributed by atoms with E-state index in [1.54, 1.807) is 0 Å². The van der Waals surface area contributed by atoms with E-state index in [1.165, 1.54) is 24.8 Å². The SMILES string of the molecule is N[C@H]1CCCC[C@@H]1NCc1ccc2c(c1)OCO2. The summed E-state index contributed by atoms with van der Waals surface area (Å²) in [6, 6.07) is 6.84. The molecule has 4 heteroatoms. The molecule has 0 spiro atoms. The van der Waals surface area contributed by atoms with Crippen LogP contribution >= 0.6 is 0 Å². The molecular formula is C14H20N2O2. The van der Waals surface area contributed by atoms with E-state index in [-0.39, 0.29) is 0 Å². The van der Waals surface area contributed by atoms with Gasteiger partial charge in [-0.05, 0) is 30.5 Å². The second kappa shape index (κ2) is 5.16. The molecule has 1 aromatic carbocycles. The highest BCUT2D eigenvalue weighted by Crippen LogP contribution is 2.32. The fourth-order valence-electron chi connectivity index (χ4n) is 2.71. The molecule has 98 valence electrons. The molecular weight excluding hydrogens is 228 g/mol. The summed E-state index contributed by atoms with van der Waals surface area (Å²) in [5.74, 6) is 1.69. The summed E-state index contributed by atoms with van der Waals surface area (Å²) in [6.45, 7) is 1.18. The first-order valence-electron chi connectivity index (χ1n) is 6.70. The maximum Gasteiger partial charge on any atom is 0.231 e. The van der Waals surface area contributed by atoms with Gasteiger partial charge in [0.1, 0.15) is 0 Å². The van der Waals surface area contributed by atoms with E-state index in [1.807, 2.05) is 12.1 Å². The number of nitrogens with two attached hydrogens (primary N) is 1. The highest BCUT2D eigenvalue weighted by Gasteiger charge is 2.21. The first-order chi connectivity index (χ1) is 8.83. The summed E-state index contributed by atoms with van der Waals surface area (Å²) in [4.78, 5) is 0. The number of hydrogen-bond donors (Lipinski definition) is 2. The zero-order valence-electron chi connectivity index (χ0n) is 10.5. The summed E-state index contributed by atoms with van der Waals surface area (Å²) < 4.78 is 10.7. The third kappa shape index (κ3) is 2.44. The van der Waals surface area contributed by atoms with E-state index in [2.05, 4.69) is 11.4 Å². The Bertz CT molecular complexity index is 422. The Kier molecular flexibility index (Phi) is 3.39. The van der Waals surface area contributed by atoms with Crippen LogP contribution in [0.25, 0.3) is 0 Å². The molecule has 2 aliphatic rings. The van der Waals surface area contributed by atoms with Crippen LogP contribution in [0.4, 0.5) is 0 Å². The van der Waals surface area contributed by atoms with Gasteiger partial charge in [-0.1, -0.05) is 18.9 Å². The molecule has 0 aromatic heterocycles. The predicted octanol–water partition coefficient (Wildman–Crippen LogP) is 1.77. The Labute approximate surface area is 107 Å². The maximum absolute atomic E-state index is 6.13. The third-order valence-corrected chi connectivity index (χ3v) is 3.82. The predicted molar refractivity (Wildman–Crippen MR) is 69.6 cm³/mol.